The van der Waals surface area contributed by atoms with Gasteiger partial charge in [0.25, 0.3) is 5.91 Å². The molecule has 0 atom stereocenters. The standard InChI is InChI=1S/C24H30N2O2S2/c1-29-20-15-13-19(14-16-20)26-24(28)21-11-7-8-12-22(21)30-17-23(27)25-18-9-5-3-2-4-6-10-18/h7-8,11-16,18H,2-6,9-10,17H2,1H3,(H,25,27)(H,26,28). The van der Waals surface area contributed by atoms with E-state index in [2.05, 4.69) is 10.6 Å². The Kier molecular flexibility index (Phi) is 9.15. The predicted octanol–water partition coefficient (Wildman–Crippen LogP) is 5.98. The van der Waals surface area contributed by atoms with E-state index in [-0.39, 0.29) is 11.8 Å². The molecule has 4 nitrogen and oxygen atoms in total. The molecular weight excluding hydrogens is 412 g/mol. The van der Waals surface area contributed by atoms with Crippen molar-refractivity contribution < 1.29 is 9.59 Å². The molecule has 0 spiro atoms. The van der Waals surface area contributed by atoms with Crippen LogP contribution in [0.15, 0.2) is 58.3 Å². The van der Waals surface area contributed by atoms with Crippen molar-refractivity contribution >= 4 is 41.0 Å². The number of rotatable bonds is 7. The smallest absolute Gasteiger partial charge is 0.256 e. The number of hydrogen-bond acceptors (Lipinski definition) is 4. The molecule has 0 aliphatic heterocycles. The Hall–Kier alpha value is -1.92. The van der Waals surface area contributed by atoms with Gasteiger partial charge in [0.2, 0.25) is 5.91 Å². The first-order chi connectivity index (χ1) is 14.7. The van der Waals surface area contributed by atoms with Gasteiger partial charge in [0.15, 0.2) is 0 Å². The summed E-state index contributed by atoms with van der Waals surface area (Å²) < 4.78 is 0. The molecule has 6 heteroatoms. The van der Waals surface area contributed by atoms with E-state index >= 15 is 0 Å². The lowest BCUT2D eigenvalue weighted by atomic mass is 9.97. The Balaban J connectivity index is 1.56. The van der Waals surface area contributed by atoms with Gasteiger partial charge >= 0.3 is 0 Å². The molecule has 3 rings (SSSR count). The first-order valence-corrected chi connectivity index (χ1v) is 12.8. The van der Waals surface area contributed by atoms with Crippen LogP contribution in [0.25, 0.3) is 0 Å². The van der Waals surface area contributed by atoms with Gasteiger partial charge in [-0.3, -0.25) is 9.59 Å². The van der Waals surface area contributed by atoms with Gasteiger partial charge in [-0.2, -0.15) is 0 Å². The molecule has 2 aromatic rings. The van der Waals surface area contributed by atoms with Gasteiger partial charge in [0.05, 0.1) is 11.3 Å². The summed E-state index contributed by atoms with van der Waals surface area (Å²) in [4.78, 5) is 27.2. The third kappa shape index (κ3) is 7.10. The van der Waals surface area contributed by atoms with Crippen LogP contribution in [0.4, 0.5) is 5.69 Å². The normalized spacial score (nSPS) is 15.1. The summed E-state index contributed by atoms with van der Waals surface area (Å²) in [6, 6.07) is 15.5. The van der Waals surface area contributed by atoms with Crippen LogP contribution in [-0.4, -0.2) is 29.9 Å². The number of benzene rings is 2. The number of amides is 2. The van der Waals surface area contributed by atoms with Crippen LogP contribution in [0, 0.1) is 0 Å². The first-order valence-electron chi connectivity index (χ1n) is 10.6. The van der Waals surface area contributed by atoms with Crippen molar-refractivity contribution in [1.29, 1.82) is 0 Å². The molecule has 1 aliphatic rings. The number of anilines is 1. The molecule has 30 heavy (non-hydrogen) atoms. The molecule has 2 N–H and O–H groups in total. The molecule has 0 radical (unpaired) electrons. The summed E-state index contributed by atoms with van der Waals surface area (Å²) in [7, 11) is 0. The fourth-order valence-corrected chi connectivity index (χ4v) is 4.94. The molecule has 2 amide bonds. The van der Waals surface area contributed by atoms with Gasteiger partial charge in [-0.1, -0.05) is 44.2 Å². The van der Waals surface area contributed by atoms with E-state index in [1.807, 2.05) is 48.7 Å². The third-order valence-corrected chi connectivity index (χ3v) is 7.13. The van der Waals surface area contributed by atoms with Gasteiger partial charge in [-0.05, 0) is 55.5 Å². The zero-order chi connectivity index (χ0) is 21.2. The van der Waals surface area contributed by atoms with Crippen molar-refractivity contribution in [2.45, 2.75) is 60.8 Å². The van der Waals surface area contributed by atoms with Gasteiger partial charge in [-0.25, -0.2) is 0 Å². The predicted molar refractivity (Wildman–Crippen MR) is 128 cm³/mol. The van der Waals surface area contributed by atoms with Gasteiger partial charge < -0.3 is 10.6 Å². The van der Waals surface area contributed by atoms with Crippen LogP contribution in [0.3, 0.4) is 0 Å². The fraction of sp³-hybridized carbons (Fsp3) is 0.417. The van der Waals surface area contributed by atoms with Crippen molar-refractivity contribution in [3.63, 3.8) is 0 Å². The molecule has 0 bridgehead atoms. The average Bonchev–Trinajstić information content (AvgIpc) is 2.75. The first kappa shape index (κ1) is 22.8. The topological polar surface area (TPSA) is 58.2 Å². The molecular formula is C24H30N2O2S2. The average molecular weight is 443 g/mol. The second kappa shape index (κ2) is 12.1. The van der Waals surface area contributed by atoms with E-state index in [9.17, 15) is 9.59 Å². The SMILES string of the molecule is CSc1ccc(NC(=O)c2ccccc2SCC(=O)NC2CCCCCCC2)cc1. The number of thioether (sulfide) groups is 2. The maximum Gasteiger partial charge on any atom is 0.256 e. The monoisotopic (exact) mass is 442 g/mol. The molecule has 0 unspecified atom stereocenters. The lowest BCUT2D eigenvalue weighted by Crippen LogP contribution is -2.36. The molecule has 160 valence electrons. The van der Waals surface area contributed by atoms with E-state index < -0.39 is 0 Å². The summed E-state index contributed by atoms with van der Waals surface area (Å²) >= 11 is 3.09. The molecule has 0 aromatic heterocycles. The quantitative estimate of drug-likeness (QED) is 0.518. The van der Waals surface area contributed by atoms with E-state index in [1.165, 1.54) is 43.9 Å². The highest BCUT2D eigenvalue weighted by molar-refractivity contribution is 8.00. The highest BCUT2D eigenvalue weighted by Crippen LogP contribution is 2.25. The van der Waals surface area contributed by atoms with E-state index in [0.29, 0.717) is 17.4 Å². The van der Waals surface area contributed by atoms with Crippen LogP contribution >= 0.6 is 23.5 Å². The summed E-state index contributed by atoms with van der Waals surface area (Å²) in [6.07, 6.45) is 10.4. The second-order valence-electron chi connectivity index (χ2n) is 7.58. The van der Waals surface area contributed by atoms with Crippen molar-refractivity contribution in [2.75, 3.05) is 17.3 Å². The van der Waals surface area contributed by atoms with Crippen molar-refractivity contribution in [2.24, 2.45) is 0 Å². The lowest BCUT2D eigenvalue weighted by molar-refractivity contribution is -0.119. The zero-order valence-corrected chi connectivity index (χ0v) is 19.1. The minimum atomic E-state index is -0.157. The molecule has 1 fully saturated rings. The summed E-state index contributed by atoms with van der Waals surface area (Å²) in [5, 5.41) is 6.15. The van der Waals surface area contributed by atoms with E-state index in [0.717, 1.165) is 28.3 Å². The number of carbonyl (C=O) groups is 2. The molecule has 1 saturated carbocycles. The van der Waals surface area contributed by atoms with Crippen LogP contribution in [0.5, 0.6) is 0 Å². The zero-order valence-electron chi connectivity index (χ0n) is 17.5. The van der Waals surface area contributed by atoms with Gasteiger partial charge in [0.1, 0.15) is 0 Å². The Morgan fingerprint density at radius 1 is 0.933 bits per heavy atom. The van der Waals surface area contributed by atoms with Crippen molar-refractivity contribution in [3.8, 4) is 0 Å². The number of nitrogens with one attached hydrogen (secondary N) is 2. The van der Waals surface area contributed by atoms with Crippen molar-refractivity contribution in [3.05, 3.63) is 54.1 Å². The minimum Gasteiger partial charge on any atom is -0.353 e. The Bertz CT molecular complexity index is 831. The van der Waals surface area contributed by atoms with Crippen LogP contribution in [0.2, 0.25) is 0 Å². The second-order valence-corrected chi connectivity index (χ2v) is 9.47. The lowest BCUT2D eigenvalue weighted by Gasteiger charge is -2.21. The summed E-state index contributed by atoms with van der Waals surface area (Å²) in [5.41, 5.74) is 1.36. The summed E-state index contributed by atoms with van der Waals surface area (Å²) in [5.74, 6) is 0.215. The Morgan fingerprint density at radius 2 is 1.60 bits per heavy atom. The summed E-state index contributed by atoms with van der Waals surface area (Å²) in [6.45, 7) is 0. The maximum atomic E-state index is 12.8. The highest BCUT2D eigenvalue weighted by Gasteiger charge is 2.16. The molecule has 0 heterocycles. The fourth-order valence-electron chi connectivity index (χ4n) is 3.67. The minimum absolute atomic E-state index is 0.0495. The molecule has 2 aromatic carbocycles. The van der Waals surface area contributed by atoms with Gasteiger partial charge in [0, 0.05) is 21.5 Å². The van der Waals surface area contributed by atoms with Gasteiger partial charge in [-0.15, -0.1) is 23.5 Å². The maximum absolute atomic E-state index is 12.8. The van der Waals surface area contributed by atoms with Crippen LogP contribution < -0.4 is 10.6 Å². The molecule has 1 aliphatic carbocycles. The molecule has 0 saturated heterocycles. The van der Waals surface area contributed by atoms with E-state index in [1.54, 1.807) is 17.8 Å². The van der Waals surface area contributed by atoms with Crippen LogP contribution in [-0.2, 0) is 4.79 Å². The number of hydrogen-bond donors (Lipinski definition) is 2. The van der Waals surface area contributed by atoms with Crippen LogP contribution in [0.1, 0.15) is 55.3 Å². The third-order valence-electron chi connectivity index (χ3n) is 5.31. The highest BCUT2D eigenvalue weighted by atomic mass is 32.2. The van der Waals surface area contributed by atoms with Crippen molar-refractivity contribution in [1.82, 2.24) is 5.32 Å². The largest absolute Gasteiger partial charge is 0.353 e. The van der Waals surface area contributed by atoms with E-state index in [4.69, 9.17) is 0 Å². The Labute approximate surface area is 188 Å². The number of carbonyl (C=O) groups excluding carboxylic acids is 2. The Morgan fingerprint density at radius 3 is 2.30 bits per heavy atom.